The summed E-state index contributed by atoms with van der Waals surface area (Å²) in [5, 5.41) is 0. The van der Waals surface area contributed by atoms with Crippen molar-refractivity contribution in [1.82, 2.24) is 0 Å². The van der Waals surface area contributed by atoms with Gasteiger partial charge in [0.1, 0.15) is 0 Å². The molecule has 0 aromatic heterocycles. The molecule has 0 saturated carbocycles. The molecule has 0 amide bonds. The summed E-state index contributed by atoms with van der Waals surface area (Å²) in [6.07, 6.45) is 19.7. The van der Waals surface area contributed by atoms with Crippen LogP contribution in [-0.2, 0) is 15.7 Å². The molecule has 0 heterocycles. The molecule has 0 aliphatic carbocycles. The monoisotopic (exact) mass is 728 g/mol. The van der Waals surface area contributed by atoms with E-state index in [1.165, 1.54) is 64.2 Å². The van der Waals surface area contributed by atoms with Crippen LogP contribution in [0.4, 0.5) is 0 Å². The zero-order chi connectivity index (χ0) is 32.6. The molecular formula is C38H56O6Sn. The molecular weight excluding hydrogens is 671 g/mol. The normalized spacial score (nSPS) is 11.2. The number of hydrogen-bond acceptors (Lipinski definition) is 6. The van der Waals surface area contributed by atoms with E-state index in [0.717, 1.165) is 38.5 Å². The van der Waals surface area contributed by atoms with Crippen molar-refractivity contribution in [3.05, 3.63) is 71.8 Å². The van der Waals surface area contributed by atoms with E-state index in [1.807, 2.05) is 0 Å². The van der Waals surface area contributed by atoms with Crippen molar-refractivity contribution < 1.29 is 25.3 Å². The molecule has 2 aromatic carbocycles. The van der Waals surface area contributed by atoms with Gasteiger partial charge in [0.05, 0.1) is 0 Å². The van der Waals surface area contributed by atoms with Gasteiger partial charge in [-0.2, -0.15) is 0 Å². The van der Waals surface area contributed by atoms with Crippen LogP contribution < -0.4 is 0 Å². The van der Waals surface area contributed by atoms with E-state index in [4.69, 9.17) is 6.15 Å². The second-order valence-corrected chi connectivity index (χ2v) is 19.4. The maximum absolute atomic E-state index is 14.1. The van der Waals surface area contributed by atoms with Crippen LogP contribution in [0.15, 0.2) is 60.7 Å². The van der Waals surface area contributed by atoms with Gasteiger partial charge in [0.2, 0.25) is 0 Å². The quantitative estimate of drug-likeness (QED) is 0.0709. The molecule has 0 bridgehead atoms. The Bertz CT molecular complexity index is 1030. The maximum atomic E-state index is 14.1. The molecule has 0 radical (unpaired) electrons. The number of rotatable bonds is 26. The fourth-order valence-electron chi connectivity index (χ4n) is 5.45. The van der Waals surface area contributed by atoms with Crippen LogP contribution in [0.2, 0.25) is 0 Å². The zero-order valence-electron chi connectivity index (χ0n) is 27.9. The molecule has 0 aliphatic rings. The van der Waals surface area contributed by atoms with Crippen molar-refractivity contribution in [1.29, 1.82) is 0 Å². The van der Waals surface area contributed by atoms with Crippen molar-refractivity contribution in [3.8, 4) is 0 Å². The van der Waals surface area contributed by atoms with Gasteiger partial charge in [-0.15, -0.1) is 0 Å². The Morgan fingerprint density at radius 3 is 1.04 bits per heavy atom. The first-order valence-electron chi connectivity index (χ1n) is 17.6. The van der Waals surface area contributed by atoms with Gasteiger partial charge in [0, 0.05) is 0 Å². The molecule has 0 aliphatic heterocycles. The molecule has 0 saturated heterocycles. The van der Waals surface area contributed by atoms with Gasteiger partial charge in [-0.1, -0.05) is 13.8 Å². The van der Waals surface area contributed by atoms with Crippen molar-refractivity contribution in [2.75, 3.05) is 0 Å². The van der Waals surface area contributed by atoms with Crippen molar-refractivity contribution in [2.45, 2.75) is 142 Å². The van der Waals surface area contributed by atoms with E-state index in [1.54, 1.807) is 60.7 Å². The summed E-state index contributed by atoms with van der Waals surface area (Å²) in [5.74, 6) is -1.28. The second-order valence-electron chi connectivity index (χ2n) is 12.1. The van der Waals surface area contributed by atoms with Crippen LogP contribution in [0.3, 0.4) is 0 Å². The molecule has 2 aromatic rings. The van der Waals surface area contributed by atoms with Crippen molar-refractivity contribution in [3.63, 3.8) is 0 Å². The molecule has 2 rings (SSSR count). The minimum atomic E-state index is -5.82. The Balaban J connectivity index is 2.12. The van der Waals surface area contributed by atoms with Crippen LogP contribution in [0.5, 0.6) is 0 Å². The molecule has 7 heteroatoms. The van der Waals surface area contributed by atoms with E-state index in [2.05, 4.69) is 13.8 Å². The SMILES string of the molecule is CCCCCCCCCCCC(=O)[O][Sn]([O]C(=O)CCCCCCCCCCC)([C](=O)c1ccccc1)[C](=O)c1ccccc1. The van der Waals surface area contributed by atoms with Gasteiger partial charge in [-0.25, -0.2) is 0 Å². The molecule has 0 atom stereocenters. The topological polar surface area (TPSA) is 86.7 Å². The van der Waals surface area contributed by atoms with Crippen molar-refractivity contribution in [2.24, 2.45) is 0 Å². The van der Waals surface area contributed by atoms with Gasteiger partial charge >= 0.3 is 264 Å². The number of carbonyl (C=O) groups excluding carboxylic acids is 4. The number of hydrogen-bond donors (Lipinski definition) is 0. The number of carbonyl (C=O) groups is 4. The van der Waals surface area contributed by atoms with E-state index in [9.17, 15) is 19.2 Å². The standard InChI is InChI=1S/2C12H24O2.2C7H5O.Sn/c2*1-2-3-4-5-6-7-8-9-10-11-12(13)14;2*8-6-7-4-2-1-3-5-7;/h2*2-11H2,1H3,(H,13,14);2*1-5H;/q;;;;+2/p-2. The van der Waals surface area contributed by atoms with Crippen LogP contribution in [0, 0.1) is 0 Å². The second kappa shape index (κ2) is 23.8. The Kier molecular flexibility index (Phi) is 20.5. The van der Waals surface area contributed by atoms with Crippen LogP contribution in [0.1, 0.15) is 163 Å². The molecule has 0 fully saturated rings. The predicted octanol–water partition coefficient (Wildman–Crippen LogP) is 10.2. The first-order valence-corrected chi connectivity index (χ1v) is 22.8. The van der Waals surface area contributed by atoms with Crippen LogP contribution >= 0.6 is 0 Å². The molecule has 0 unspecified atom stereocenters. The minimum absolute atomic E-state index is 0.0778. The average molecular weight is 728 g/mol. The van der Waals surface area contributed by atoms with E-state index in [0.29, 0.717) is 12.8 Å². The van der Waals surface area contributed by atoms with E-state index < -0.39 is 38.7 Å². The Hall–Kier alpha value is -2.48. The fraction of sp³-hybridized carbons (Fsp3) is 0.579. The summed E-state index contributed by atoms with van der Waals surface area (Å²) in [5.41, 5.74) is 0.425. The van der Waals surface area contributed by atoms with E-state index in [-0.39, 0.29) is 24.0 Å². The van der Waals surface area contributed by atoms with Gasteiger partial charge < -0.3 is 0 Å². The number of benzene rings is 2. The Labute approximate surface area is 277 Å². The summed E-state index contributed by atoms with van der Waals surface area (Å²) in [6.45, 7) is 4.41. The third kappa shape index (κ3) is 15.1. The summed E-state index contributed by atoms with van der Waals surface area (Å²) < 4.78 is 10.6. The Morgan fingerprint density at radius 1 is 0.444 bits per heavy atom. The molecule has 248 valence electrons. The summed E-state index contributed by atoms with van der Waals surface area (Å²) in [4.78, 5) is 54.8. The third-order valence-electron chi connectivity index (χ3n) is 8.15. The predicted molar refractivity (Wildman–Crippen MR) is 183 cm³/mol. The third-order valence-corrected chi connectivity index (χ3v) is 16.2. The van der Waals surface area contributed by atoms with Crippen LogP contribution in [0.25, 0.3) is 0 Å². The van der Waals surface area contributed by atoms with Crippen LogP contribution in [-0.4, -0.2) is 38.7 Å². The van der Waals surface area contributed by atoms with Gasteiger partial charge in [-0.05, 0) is 0 Å². The molecule has 0 N–H and O–H groups in total. The van der Waals surface area contributed by atoms with Crippen molar-refractivity contribution >= 4 is 38.7 Å². The molecule has 0 spiro atoms. The van der Waals surface area contributed by atoms with Gasteiger partial charge in [0.15, 0.2) is 0 Å². The van der Waals surface area contributed by atoms with E-state index >= 15 is 0 Å². The molecule has 45 heavy (non-hydrogen) atoms. The number of unbranched alkanes of at least 4 members (excludes halogenated alkanes) is 16. The molecule has 6 nitrogen and oxygen atoms in total. The first-order chi connectivity index (χ1) is 21.9. The first kappa shape index (κ1) is 38.7. The summed E-state index contributed by atoms with van der Waals surface area (Å²) >= 11 is -5.82. The average Bonchev–Trinajstić information content (AvgIpc) is 3.06. The van der Waals surface area contributed by atoms with Gasteiger partial charge in [0.25, 0.3) is 0 Å². The van der Waals surface area contributed by atoms with Gasteiger partial charge in [-0.3, -0.25) is 0 Å². The Morgan fingerprint density at radius 2 is 0.733 bits per heavy atom. The summed E-state index contributed by atoms with van der Waals surface area (Å²) in [6, 6.07) is 16.6. The summed E-state index contributed by atoms with van der Waals surface area (Å²) in [7, 11) is 0. The zero-order valence-corrected chi connectivity index (χ0v) is 30.7. The fourth-order valence-corrected chi connectivity index (χ4v) is 12.8.